The van der Waals surface area contributed by atoms with Gasteiger partial charge in [-0.25, -0.2) is 0 Å². The van der Waals surface area contributed by atoms with Crippen LogP contribution in [0.1, 0.15) is 28.9 Å². The number of carbonyl (C=O) groups excluding carboxylic acids is 2. The molecule has 27 heavy (non-hydrogen) atoms. The van der Waals surface area contributed by atoms with Crippen molar-refractivity contribution in [2.75, 3.05) is 13.1 Å². The van der Waals surface area contributed by atoms with Crippen LogP contribution in [-0.2, 0) is 23.1 Å². The number of ether oxygens (including phenoxy) is 1. The number of aromatic nitrogens is 3. The highest BCUT2D eigenvalue weighted by molar-refractivity contribution is 5.92. The maximum atomic E-state index is 12.6. The van der Waals surface area contributed by atoms with Crippen LogP contribution in [0.2, 0.25) is 0 Å². The molecule has 2 aromatic heterocycles. The van der Waals surface area contributed by atoms with E-state index in [1.165, 1.54) is 0 Å². The van der Waals surface area contributed by atoms with Crippen molar-refractivity contribution in [2.24, 2.45) is 13.0 Å². The molecule has 0 spiro atoms. The largest absolute Gasteiger partial charge is 0.372 e. The van der Waals surface area contributed by atoms with Crippen LogP contribution in [0.5, 0.6) is 0 Å². The van der Waals surface area contributed by atoms with Crippen LogP contribution in [0.25, 0.3) is 0 Å². The summed E-state index contributed by atoms with van der Waals surface area (Å²) >= 11 is 0. The lowest BCUT2D eigenvalue weighted by Gasteiger charge is -2.19. The van der Waals surface area contributed by atoms with E-state index in [-0.39, 0.29) is 24.0 Å². The molecule has 2 aliphatic heterocycles. The Bertz CT molecular complexity index is 808. The van der Waals surface area contributed by atoms with Gasteiger partial charge in [0, 0.05) is 51.2 Å². The van der Waals surface area contributed by atoms with E-state index in [4.69, 9.17) is 4.74 Å². The van der Waals surface area contributed by atoms with Gasteiger partial charge in [-0.2, -0.15) is 5.10 Å². The van der Waals surface area contributed by atoms with Gasteiger partial charge in [-0.05, 0) is 24.1 Å². The van der Waals surface area contributed by atoms with Crippen molar-refractivity contribution in [1.29, 1.82) is 0 Å². The molecule has 0 unspecified atom stereocenters. The lowest BCUT2D eigenvalue weighted by molar-refractivity contribution is -0.124. The van der Waals surface area contributed by atoms with Gasteiger partial charge in [-0.3, -0.25) is 19.3 Å². The van der Waals surface area contributed by atoms with Crippen LogP contribution in [0.3, 0.4) is 0 Å². The molecule has 4 rings (SSSR count). The molecule has 1 N–H and O–H groups in total. The van der Waals surface area contributed by atoms with Gasteiger partial charge in [0.25, 0.3) is 5.91 Å². The van der Waals surface area contributed by atoms with Crippen molar-refractivity contribution >= 4 is 11.8 Å². The number of amides is 2. The molecule has 2 amide bonds. The predicted molar refractivity (Wildman–Crippen MR) is 96.6 cm³/mol. The number of nitrogens with zero attached hydrogens (tertiary/aromatic N) is 4. The molecule has 4 heterocycles. The SMILES string of the molecule is Cn1nccc1C(=O)N1C[C@@H]2C[C@@H](CC(=O)NCc3cccnc3)O[C@@H]2C1. The van der Waals surface area contributed by atoms with E-state index >= 15 is 0 Å². The molecule has 0 saturated carbocycles. The Balaban J connectivity index is 1.24. The molecule has 2 aliphatic rings. The first kappa shape index (κ1) is 17.7. The number of fused-ring (bicyclic) bond motifs is 1. The van der Waals surface area contributed by atoms with E-state index < -0.39 is 0 Å². The van der Waals surface area contributed by atoms with Crippen molar-refractivity contribution < 1.29 is 14.3 Å². The minimum Gasteiger partial charge on any atom is -0.372 e. The Morgan fingerprint density at radius 3 is 2.89 bits per heavy atom. The van der Waals surface area contributed by atoms with E-state index in [0.717, 1.165) is 12.0 Å². The third-order valence-corrected chi connectivity index (χ3v) is 5.27. The fourth-order valence-corrected chi connectivity index (χ4v) is 3.89. The van der Waals surface area contributed by atoms with Crippen LogP contribution in [0, 0.1) is 5.92 Å². The Kier molecular flexibility index (Phi) is 4.89. The highest BCUT2D eigenvalue weighted by Crippen LogP contribution is 2.34. The van der Waals surface area contributed by atoms with Crippen molar-refractivity contribution in [1.82, 2.24) is 25.0 Å². The Labute approximate surface area is 157 Å². The predicted octanol–water partition coefficient (Wildman–Crippen LogP) is 0.751. The molecule has 0 bridgehead atoms. The molecule has 0 aromatic carbocycles. The fourth-order valence-electron chi connectivity index (χ4n) is 3.89. The van der Waals surface area contributed by atoms with Crippen molar-refractivity contribution in [3.05, 3.63) is 48.0 Å². The summed E-state index contributed by atoms with van der Waals surface area (Å²) in [5, 5.41) is 6.97. The zero-order chi connectivity index (χ0) is 18.8. The maximum Gasteiger partial charge on any atom is 0.272 e. The fraction of sp³-hybridized carbons (Fsp3) is 0.474. The van der Waals surface area contributed by atoms with E-state index in [0.29, 0.717) is 37.7 Å². The molecule has 2 aromatic rings. The summed E-state index contributed by atoms with van der Waals surface area (Å²) < 4.78 is 7.64. The zero-order valence-corrected chi connectivity index (χ0v) is 15.2. The lowest BCUT2D eigenvalue weighted by Crippen LogP contribution is -2.33. The summed E-state index contributed by atoms with van der Waals surface area (Å²) in [6.07, 6.45) is 6.16. The molecule has 0 aliphatic carbocycles. The van der Waals surface area contributed by atoms with Crippen LogP contribution in [-0.4, -0.2) is 56.8 Å². The number of aryl methyl sites for hydroxylation is 1. The summed E-state index contributed by atoms with van der Waals surface area (Å²) in [6, 6.07) is 5.51. The lowest BCUT2D eigenvalue weighted by atomic mass is 10.0. The molecular formula is C19H23N5O3. The number of pyridine rings is 1. The van der Waals surface area contributed by atoms with Gasteiger partial charge in [0.15, 0.2) is 0 Å². The Morgan fingerprint density at radius 2 is 2.19 bits per heavy atom. The van der Waals surface area contributed by atoms with E-state index in [1.807, 2.05) is 17.0 Å². The Morgan fingerprint density at radius 1 is 1.30 bits per heavy atom. The van der Waals surface area contributed by atoms with E-state index in [1.54, 1.807) is 36.4 Å². The summed E-state index contributed by atoms with van der Waals surface area (Å²) in [5.41, 5.74) is 1.56. The maximum absolute atomic E-state index is 12.6. The average molecular weight is 369 g/mol. The van der Waals surface area contributed by atoms with Gasteiger partial charge in [0.2, 0.25) is 5.91 Å². The number of hydrogen-bond acceptors (Lipinski definition) is 5. The molecule has 3 atom stereocenters. The first-order valence-electron chi connectivity index (χ1n) is 9.18. The molecule has 142 valence electrons. The smallest absolute Gasteiger partial charge is 0.272 e. The van der Waals surface area contributed by atoms with Gasteiger partial charge in [0.05, 0.1) is 18.6 Å². The number of hydrogen-bond donors (Lipinski definition) is 1. The molecule has 8 nitrogen and oxygen atoms in total. The molecule has 0 radical (unpaired) electrons. The van der Waals surface area contributed by atoms with Crippen LogP contribution in [0.4, 0.5) is 0 Å². The van der Waals surface area contributed by atoms with Crippen molar-refractivity contribution in [3.8, 4) is 0 Å². The number of likely N-dealkylation sites (tertiary alicyclic amines) is 1. The van der Waals surface area contributed by atoms with E-state index in [2.05, 4.69) is 15.4 Å². The highest BCUT2D eigenvalue weighted by Gasteiger charge is 2.44. The first-order valence-corrected chi connectivity index (χ1v) is 9.18. The van der Waals surface area contributed by atoms with Gasteiger partial charge in [0.1, 0.15) is 5.69 Å². The van der Waals surface area contributed by atoms with Gasteiger partial charge in [-0.15, -0.1) is 0 Å². The number of carbonyl (C=O) groups is 2. The monoisotopic (exact) mass is 369 g/mol. The number of rotatable bonds is 5. The number of nitrogens with one attached hydrogen (secondary N) is 1. The van der Waals surface area contributed by atoms with Gasteiger partial charge >= 0.3 is 0 Å². The summed E-state index contributed by atoms with van der Waals surface area (Å²) in [4.78, 5) is 30.6. The quantitative estimate of drug-likeness (QED) is 0.840. The van der Waals surface area contributed by atoms with Crippen LogP contribution >= 0.6 is 0 Å². The van der Waals surface area contributed by atoms with Crippen molar-refractivity contribution in [2.45, 2.75) is 31.6 Å². The average Bonchev–Trinajstić information content (AvgIpc) is 3.35. The molecule has 8 heteroatoms. The van der Waals surface area contributed by atoms with Gasteiger partial charge in [-0.1, -0.05) is 6.07 Å². The van der Waals surface area contributed by atoms with Gasteiger partial charge < -0.3 is 15.0 Å². The molecule has 2 saturated heterocycles. The third kappa shape index (κ3) is 3.85. The highest BCUT2D eigenvalue weighted by atomic mass is 16.5. The normalized spacial score (nSPS) is 24.0. The topological polar surface area (TPSA) is 89.4 Å². The van der Waals surface area contributed by atoms with Crippen LogP contribution < -0.4 is 5.32 Å². The minimum absolute atomic E-state index is 0.0123. The minimum atomic E-state index is -0.0807. The Hall–Kier alpha value is -2.74. The summed E-state index contributed by atoms with van der Waals surface area (Å²) in [5.74, 6) is 0.253. The zero-order valence-electron chi connectivity index (χ0n) is 15.2. The van der Waals surface area contributed by atoms with Crippen LogP contribution in [0.15, 0.2) is 36.8 Å². The second-order valence-corrected chi connectivity index (χ2v) is 7.18. The second-order valence-electron chi connectivity index (χ2n) is 7.18. The molecule has 2 fully saturated rings. The van der Waals surface area contributed by atoms with E-state index in [9.17, 15) is 9.59 Å². The first-order chi connectivity index (χ1) is 13.1. The summed E-state index contributed by atoms with van der Waals surface area (Å²) in [7, 11) is 1.76. The molecular weight excluding hydrogens is 346 g/mol. The van der Waals surface area contributed by atoms with Crippen molar-refractivity contribution in [3.63, 3.8) is 0 Å². The second kappa shape index (κ2) is 7.48. The standard InChI is InChI=1S/C19H23N5O3/c1-23-16(4-6-22-23)19(26)24-11-14-7-15(27-17(14)12-24)8-18(25)21-10-13-3-2-5-20-9-13/h2-6,9,14-15,17H,7-8,10-12H2,1H3,(H,21,25)/t14-,15-,17+/m0/s1. The summed E-state index contributed by atoms with van der Waals surface area (Å²) in [6.45, 7) is 1.71. The third-order valence-electron chi connectivity index (χ3n) is 5.27.